The fourth-order valence-corrected chi connectivity index (χ4v) is 3.96. The summed E-state index contributed by atoms with van der Waals surface area (Å²) in [4.78, 5) is 14.9. The summed E-state index contributed by atoms with van der Waals surface area (Å²) in [5.41, 5.74) is 4.02. The number of amides is 1. The molecule has 3 aromatic rings. The lowest BCUT2D eigenvalue weighted by Crippen LogP contribution is -2.35. The van der Waals surface area contributed by atoms with Crippen molar-refractivity contribution in [1.29, 1.82) is 0 Å². The predicted octanol–water partition coefficient (Wildman–Crippen LogP) is 3.81. The molecule has 0 aliphatic carbocycles. The maximum absolute atomic E-state index is 12.5. The molecule has 0 bridgehead atoms. The Kier molecular flexibility index (Phi) is 5.26. The Morgan fingerprint density at radius 2 is 1.81 bits per heavy atom. The Morgan fingerprint density at radius 3 is 2.67 bits per heavy atom. The number of carbonyl (C=O) groups is 1. The monoisotopic (exact) mass is 397 g/mol. The number of nitrogens with one attached hydrogen (secondary N) is 2. The van der Waals surface area contributed by atoms with E-state index in [0.29, 0.717) is 11.1 Å². The third kappa shape index (κ3) is 4.06. The molecule has 8 heteroatoms. The summed E-state index contributed by atoms with van der Waals surface area (Å²) in [5, 5.41) is 6.20. The molecular formula is C19H19N5OS2. The van der Waals surface area contributed by atoms with E-state index in [1.54, 1.807) is 18.2 Å². The Morgan fingerprint density at radius 1 is 1.04 bits per heavy atom. The van der Waals surface area contributed by atoms with Gasteiger partial charge in [-0.2, -0.15) is 8.75 Å². The molecule has 0 unspecified atom stereocenters. The minimum absolute atomic E-state index is 0.266. The molecule has 138 valence electrons. The fourth-order valence-electron chi connectivity index (χ4n) is 3.24. The van der Waals surface area contributed by atoms with E-state index < -0.39 is 0 Å². The standard InChI is InChI=1S/C19H19N5OS2/c25-18(13-8-9-14-16(12-13)23-27-22-14)21-19(26)20-15-6-2-3-7-17(15)24-10-4-1-5-11-24/h2-3,6-9,12H,1,4-5,10-11H2,(H2,20,21,25,26). The summed E-state index contributed by atoms with van der Waals surface area (Å²) in [7, 11) is 0. The molecule has 0 saturated carbocycles. The number of hydrogen-bond donors (Lipinski definition) is 2. The Balaban J connectivity index is 1.45. The van der Waals surface area contributed by atoms with Crippen molar-refractivity contribution >= 4 is 57.4 Å². The van der Waals surface area contributed by atoms with Crippen molar-refractivity contribution in [3.63, 3.8) is 0 Å². The van der Waals surface area contributed by atoms with E-state index in [2.05, 4.69) is 30.3 Å². The lowest BCUT2D eigenvalue weighted by atomic mass is 10.1. The zero-order valence-electron chi connectivity index (χ0n) is 14.6. The summed E-state index contributed by atoms with van der Waals surface area (Å²) < 4.78 is 8.31. The zero-order valence-corrected chi connectivity index (χ0v) is 16.3. The predicted molar refractivity (Wildman–Crippen MR) is 114 cm³/mol. The van der Waals surface area contributed by atoms with E-state index in [0.717, 1.165) is 41.7 Å². The van der Waals surface area contributed by atoms with Gasteiger partial charge in [-0.15, -0.1) is 0 Å². The quantitative estimate of drug-likeness (QED) is 0.655. The van der Waals surface area contributed by atoms with Crippen molar-refractivity contribution in [3.05, 3.63) is 48.0 Å². The van der Waals surface area contributed by atoms with Gasteiger partial charge in [0.2, 0.25) is 0 Å². The van der Waals surface area contributed by atoms with Crippen molar-refractivity contribution in [3.8, 4) is 0 Å². The van der Waals surface area contributed by atoms with E-state index >= 15 is 0 Å². The van der Waals surface area contributed by atoms with Crippen LogP contribution < -0.4 is 15.5 Å². The molecule has 1 aromatic heterocycles. The minimum Gasteiger partial charge on any atom is -0.370 e. The lowest BCUT2D eigenvalue weighted by molar-refractivity contribution is 0.0978. The summed E-state index contributed by atoms with van der Waals surface area (Å²) in [5.74, 6) is -0.266. The van der Waals surface area contributed by atoms with Gasteiger partial charge in [0.25, 0.3) is 5.91 Å². The summed E-state index contributed by atoms with van der Waals surface area (Å²) in [6.07, 6.45) is 3.67. The number of thiocarbonyl (C=S) groups is 1. The largest absolute Gasteiger partial charge is 0.370 e. The van der Waals surface area contributed by atoms with Crippen LogP contribution in [0.4, 0.5) is 11.4 Å². The first-order valence-corrected chi connectivity index (χ1v) is 10.0. The molecule has 0 spiro atoms. The van der Waals surface area contributed by atoms with Crippen LogP contribution in [0.15, 0.2) is 42.5 Å². The second-order valence-electron chi connectivity index (χ2n) is 6.44. The SMILES string of the molecule is O=C(NC(=S)Nc1ccccc1N1CCCCC1)c1ccc2nsnc2c1. The second-order valence-corrected chi connectivity index (χ2v) is 7.38. The summed E-state index contributed by atoms with van der Waals surface area (Å²) in [6, 6.07) is 13.3. The van der Waals surface area contributed by atoms with Crippen molar-refractivity contribution in [2.75, 3.05) is 23.3 Å². The van der Waals surface area contributed by atoms with Crippen molar-refractivity contribution in [2.24, 2.45) is 0 Å². The van der Waals surface area contributed by atoms with Gasteiger partial charge in [-0.1, -0.05) is 12.1 Å². The van der Waals surface area contributed by atoms with E-state index in [-0.39, 0.29) is 11.0 Å². The van der Waals surface area contributed by atoms with Crippen LogP contribution in [0.3, 0.4) is 0 Å². The van der Waals surface area contributed by atoms with Gasteiger partial charge < -0.3 is 10.2 Å². The molecule has 1 aliphatic heterocycles. The number of para-hydroxylation sites is 2. The van der Waals surface area contributed by atoms with Gasteiger partial charge in [-0.25, -0.2) is 0 Å². The molecule has 1 fully saturated rings. The van der Waals surface area contributed by atoms with Gasteiger partial charge in [0.05, 0.1) is 23.1 Å². The van der Waals surface area contributed by atoms with Crippen LogP contribution >= 0.6 is 23.9 Å². The van der Waals surface area contributed by atoms with E-state index in [4.69, 9.17) is 12.2 Å². The highest BCUT2D eigenvalue weighted by atomic mass is 32.1. The highest BCUT2D eigenvalue weighted by Gasteiger charge is 2.16. The topological polar surface area (TPSA) is 70.2 Å². The average molecular weight is 398 g/mol. The van der Waals surface area contributed by atoms with Crippen LogP contribution in [0, 0.1) is 0 Å². The first kappa shape index (κ1) is 17.8. The number of hydrogen-bond acceptors (Lipinski definition) is 6. The molecule has 1 saturated heterocycles. The number of nitrogens with zero attached hydrogens (tertiary/aromatic N) is 3. The number of rotatable bonds is 3. The Labute approximate surface area is 166 Å². The van der Waals surface area contributed by atoms with Crippen LogP contribution in [-0.4, -0.2) is 32.9 Å². The highest BCUT2D eigenvalue weighted by molar-refractivity contribution is 7.80. The molecular weight excluding hydrogens is 378 g/mol. The molecule has 0 atom stereocenters. The first-order chi connectivity index (χ1) is 13.2. The normalized spacial score (nSPS) is 14.1. The number of carbonyl (C=O) groups excluding carboxylic acids is 1. The third-order valence-electron chi connectivity index (χ3n) is 4.59. The Bertz CT molecular complexity index is 981. The second kappa shape index (κ2) is 7.98. The molecule has 2 aromatic carbocycles. The maximum Gasteiger partial charge on any atom is 0.257 e. The number of fused-ring (bicyclic) bond motifs is 1. The molecule has 1 amide bonds. The zero-order chi connectivity index (χ0) is 18.6. The molecule has 1 aliphatic rings. The molecule has 2 N–H and O–H groups in total. The third-order valence-corrected chi connectivity index (χ3v) is 5.35. The van der Waals surface area contributed by atoms with E-state index in [1.165, 1.54) is 19.3 Å². The smallest absolute Gasteiger partial charge is 0.257 e. The fraction of sp³-hybridized carbons (Fsp3) is 0.263. The Hall–Kier alpha value is -2.58. The van der Waals surface area contributed by atoms with Crippen LogP contribution in [0.2, 0.25) is 0 Å². The van der Waals surface area contributed by atoms with Gasteiger partial charge in [-0.3, -0.25) is 10.1 Å². The van der Waals surface area contributed by atoms with Gasteiger partial charge in [-0.05, 0) is 61.8 Å². The minimum atomic E-state index is -0.266. The van der Waals surface area contributed by atoms with Gasteiger partial charge in [0, 0.05) is 18.7 Å². The summed E-state index contributed by atoms with van der Waals surface area (Å²) >= 11 is 6.49. The first-order valence-electron chi connectivity index (χ1n) is 8.89. The number of aromatic nitrogens is 2. The van der Waals surface area contributed by atoms with Crippen LogP contribution in [0.25, 0.3) is 11.0 Å². The van der Waals surface area contributed by atoms with Crippen molar-refractivity contribution in [2.45, 2.75) is 19.3 Å². The van der Waals surface area contributed by atoms with Gasteiger partial charge in [0.1, 0.15) is 11.0 Å². The van der Waals surface area contributed by atoms with E-state index in [9.17, 15) is 4.79 Å². The lowest BCUT2D eigenvalue weighted by Gasteiger charge is -2.30. The van der Waals surface area contributed by atoms with Crippen molar-refractivity contribution < 1.29 is 4.79 Å². The van der Waals surface area contributed by atoms with Crippen molar-refractivity contribution in [1.82, 2.24) is 14.1 Å². The number of piperidine rings is 1. The molecule has 27 heavy (non-hydrogen) atoms. The molecule has 2 heterocycles. The van der Waals surface area contributed by atoms with Gasteiger partial charge in [0.15, 0.2) is 5.11 Å². The molecule has 6 nitrogen and oxygen atoms in total. The molecule has 4 rings (SSSR count). The van der Waals surface area contributed by atoms with Crippen LogP contribution in [0.5, 0.6) is 0 Å². The highest BCUT2D eigenvalue weighted by Crippen LogP contribution is 2.28. The van der Waals surface area contributed by atoms with E-state index in [1.807, 2.05) is 18.2 Å². The van der Waals surface area contributed by atoms with Gasteiger partial charge >= 0.3 is 0 Å². The number of benzene rings is 2. The molecule has 0 radical (unpaired) electrons. The van der Waals surface area contributed by atoms with Crippen LogP contribution in [-0.2, 0) is 0 Å². The summed E-state index contributed by atoms with van der Waals surface area (Å²) in [6.45, 7) is 2.08. The van der Waals surface area contributed by atoms with Crippen LogP contribution in [0.1, 0.15) is 29.6 Å². The maximum atomic E-state index is 12.5. The number of anilines is 2. The average Bonchev–Trinajstić information content (AvgIpc) is 3.17.